The molecule has 0 radical (unpaired) electrons. The number of aryl methyl sites for hydroxylation is 1. The Labute approximate surface area is 194 Å². The molecule has 0 aliphatic carbocycles. The number of nitrogens with one attached hydrogen (secondary N) is 1. The Kier molecular flexibility index (Phi) is 5.43. The van der Waals surface area contributed by atoms with Gasteiger partial charge in [0.1, 0.15) is 29.5 Å². The van der Waals surface area contributed by atoms with Crippen molar-refractivity contribution in [3.8, 4) is 11.3 Å². The van der Waals surface area contributed by atoms with Crippen LogP contribution in [0.5, 0.6) is 0 Å². The lowest BCUT2D eigenvalue weighted by Crippen LogP contribution is -2.12. The summed E-state index contributed by atoms with van der Waals surface area (Å²) in [6.45, 7) is 2.11. The van der Waals surface area contributed by atoms with Crippen molar-refractivity contribution in [3.05, 3.63) is 95.7 Å². The second-order valence-electron chi connectivity index (χ2n) is 7.81. The molecule has 0 aliphatic rings. The monoisotopic (exact) mass is 453 g/mol. The van der Waals surface area contributed by atoms with Crippen LogP contribution in [-0.4, -0.2) is 30.6 Å². The first kappa shape index (κ1) is 21.2. The minimum atomic E-state index is -0.326. The number of amides is 1. The third-order valence-electron chi connectivity index (χ3n) is 5.41. The summed E-state index contributed by atoms with van der Waals surface area (Å²) in [5, 5.41) is 8.02. The summed E-state index contributed by atoms with van der Waals surface area (Å²) in [6, 6.07) is 17.1. The highest BCUT2D eigenvalue weighted by Crippen LogP contribution is 2.31. The number of hydrogen-bond donors (Lipinski definition) is 2. The van der Waals surface area contributed by atoms with E-state index in [9.17, 15) is 9.18 Å². The molecule has 2 aromatic carbocycles. The van der Waals surface area contributed by atoms with Crippen molar-refractivity contribution in [1.82, 2.24) is 24.7 Å². The van der Waals surface area contributed by atoms with Crippen molar-refractivity contribution < 1.29 is 9.18 Å². The van der Waals surface area contributed by atoms with Crippen LogP contribution in [0.1, 0.15) is 21.5 Å². The van der Waals surface area contributed by atoms with Gasteiger partial charge in [0.05, 0.1) is 11.9 Å². The normalized spacial score (nSPS) is 11.0. The third-order valence-corrected chi connectivity index (χ3v) is 5.41. The smallest absolute Gasteiger partial charge is 0.256 e. The number of benzene rings is 2. The predicted molar refractivity (Wildman–Crippen MR) is 128 cm³/mol. The number of pyridine rings is 1. The fourth-order valence-corrected chi connectivity index (χ4v) is 3.70. The molecule has 0 fully saturated rings. The molecule has 0 spiro atoms. The SMILES string of the molecule is Cc1ccnc(NC(=O)c2ccc(-c3nn(Cc4ccccc4F)c4ncnc(N)c34)cc2)c1. The van der Waals surface area contributed by atoms with E-state index >= 15 is 0 Å². The number of nitrogens with two attached hydrogens (primary N) is 1. The van der Waals surface area contributed by atoms with E-state index in [2.05, 4.69) is 25.4 Å². The van der Waals surface area contributed by atoms with Crippen molar-refractivity contribution in [2.75, 3.05) is 11.1 Å². The van der Waals surface area contributed by atoms with Gasteiger partial charge in [-0.25, -0.2) is 24.0 Å². The Morgan fingerprint density at radius 2 is 1.85 bits per heavy atom. The molecule has 8 nitrogen and oxygen atoms in total. The lowest BCUT2D eigenvalue weighted by Gasteiger charge is -2.06. The van der Waals surface area contributed by atoms with Crippen molar-refractivity contribution in [3.63, 3.8) is 0 Å². The van der Waals surface area contributed by atoms with E-state index in [0.29, 0.717) is 33.7 Å². The van der Waals surface area contributed by atoms with Gasteiger partial charge in [0.2, 0.25) is 0 Å². The first-order valence-corrected chi connectivity index (χ1v) is 10.5. The van der Waals surface area contributed by atoms with Gasteiger partial charge in [0.25, 0.3) is 5.91 Å². The molecule has 5 rings (SSSR count). The van der Waals surface area contributed by atoms with Crippen LogP contribution < -0.4 is 11.1 Å². The van der Waals surface area contributed by atoms with E-state index in [1.165, 1.54) is 12.4 Å². The minimum absolute atomic E-state index is 0.184. The lowest BCUT2D eigenvalue weighted by molar-refractivity contribution is 0.102. The van der Waals surface area contributed by atoms with Crippen LogP contribution in [0.2, 0.25) is 0 Å². The van der Waals surface area contributed by atoms with Crippen LogP contribution in [0, 0.1) is 12.7 Å². The van der Waals surface area contributed by atoms with Gasteiger partial charge in [0.15, 0.2) is 5.65 Å². The summed E-state index contributed by atoms with van der Waals surface area (Å²) in [4.78, 5) is 25.2. The lowest BCUT2D eigenvalue weighted by atomic mass is 10.1. The second kappa shape index (κ2) is 8.70. The minimum Gasteiger partial charge on any atom is -0.383 e. The number of rotatable bonds is 5. The van der Waals surface area contributed by atoms with Gasteiger partial charge < -0.3 is 11.1 Å². The Morgan fingerprint density at radius 1 is 1.06 bits per heavy atom. The zero-order valence-corrected chi connectivity index (χ0v) is 18.2. The quantitative estimate of drug-likeness (QED) is 0.412. The number of carbonyl (C=O) groups excluding carboxylic acids is 1. The molecule has 0 bridgehead atoms. The van der Waals surface area contributed by atoms with E-state index in [-0.39, 0.29) is 24.1 Å². The average molecular weight is 453 g/mol. The van der Waals surface area contributed by atoms with E-state index < -0.39 is 0 Å². The van der Waals surface area contributed by atoms with Gasteiger partial charge in [-0.1, -0.05) is 30.3 Å². The molecule has 168 valence electrons. The Morgan fingerprint density at radius 3 is 2.62 bits per heavy atom. The number of hydrogen-bond acceptors (Lipinski definition) is 6. The zero-order valence-electron chi connectivity index (χ0n) is 18.2. The van der Waals surface area contributed by atoms with Crippen LogP contribution in [0.15, 0.2) is 73.2 Å². The van der Waals surface area contributed by atoms with E-state index in [1.807, 2.05) is 13.0 Å². The molecule has 3 N–H and O–H groups in total. The van der Waals surface area contributed by atoms with Gasteiger partial charge >= 0.3 is 0 Å². The average Bonchev–Trinajstić information content (AvgIpc) is 3.20. The van der Waals surface area contributed by atoms with E-state index in [1.54, 1.807) is 59.4 Å². The molecular weight excluding hydrogens is 433 g/mol. The number of fused-ring (bicyclic) bond motifs is 1. The molecule has 3 aromatic heterocycles. The maximum absolute atomic E-state index is 14.2. The maximum Gasteiger partial charge on any atom is 0.256 e. The van der Waals surface area contributed by atoms with Crippen molar-refractivity contribution >= 4 is 28.6 Å². The summed E-state index contributed by atoms with van der Waals surface area (Å²) in [5.41, 5.74) is 9.88. The first-order valence-electron chi connectivity index (χ1n) is 10.5. The highest BCUT2D eigenvalue weighted by atomic mass is 19.1. The number of carbonyl (C=O) groups is 1. The Bertz CT molecular complexity index is 1510. The van der Waals surface area contributed by atoms with Crippen molar-refractivity contribution in [2.45, 2.75) is 13.5 Å². The second-order valence-corrected chi connectivity index (χ2v) is 7.81. The van der Waals surface area contributed by atoms with E-state index in [4.69, 9.17) is 5.73 Å². The Hall–Kier alpha value is -4.66. The molecule has 0 saturated carbocycles. The number of anilines is 2. The summed E-state index contributed by atoms with van der Waals surface area (Å²) in [7, 11) is 0. The zero-order chi connectivity index (χ0) is 23.7. The van der Waals surface area contributed by atoms with Crippen LogP contribution >= 0.6 is 0 Å². The molecule has 0 unspecified atom stereocenters. The molecule has 5 aromatic rings. The van der Waals surface area contributed by atoms with Gasteiger partial charge in [-0.3, -0.25) is 4.79 Å². The molecular formula is C25H20FN7O. The van der Waals surface area contributed by atoms with Crippen molar-refractivity contribution in [1.29, 1.82) is 0 Å². The van der Waals surface area contributed by atoms with Gasteiger partial charge in [-0.15, -0.1) is 0 Å². The molecule has 1 amide bonds. The first-order chi connectivity index (χ1) is 16.5. The molecule has 34 heavy (non-hydrogen) atoms. The fraction of sp³-hybridized carbons (Fsp3) is 0.0800. The Balaban J connectivity index is 1.48. The largest absolute Gasteiger partial charge is 0.383 e. The molecule has 3 heterocycles. The van der Waals surface area contributed by atoms with Crippen LogP contribution in [-0.2, 0) is 6.54 Å². The summed E-state index contributed by atoms with van der Waals surface area (Å²) >= 11 is 0. The standard InChI is InChI=1S/C25H20FN7O/c1-15-10-11-28-20(12-15)31-25(34)17-8-6-16(7-9-17)22-21-23(27)29-14-30-24(21)33(32-22)13-18-4-2-3-5-19(18)26/h2-12,14H,13H2,1H3,(H2,27,29,30)(H,28,31,34). The van der Waals surface area contributed by atoms with Crippen LogP contribution in [0.3, 0.4) is 0 Å². The van der Waals surface area contributed by atoms with E-state index in [0.717, 1.165) is 11.1 Å². The summed E-state index contributed by atoms with van der Waals surface area (Å²) in [5.74, 6) is 0.152. The van der Waals surface area contributed by atoms with Gasteiger partial charge in [0, 0.05) is 22.9 Å². The summed E-state index contributed by atoms with van der Waals surface area (Å²) < 4.78 is 15.8. The number of aromatic nitrogens is 5. The van der Waals surface area contributed by atoms with Crippen molar-refractivity contribution in [2.24, 2.45) is 0 Å². The molecule has 0 saturated heterocycles. The number of nitrogens with zero attached hydrogens (tertiary/aromatic N) is 5. The molecule has 0 atom stereocenters. The number of nitrogen functional groups attached to an aromatic ring is 1. The fourth-order valence-electron chi connectivity index (χ4n) is 3.70. The predicted octanol–water partition coefficient (Wildman–Crippen LogP) is 4.22. The van der Waals surface area contributed by atoms with Gasteiger partial charge in [-0.05, 0) is 42.8 Å². The highest BCUT2D eigenvalue weighted by Gasteiger charge is 2.18. The topological polar surface area (TPSA) is 112 Å². The van der Waals surface area contributed by atoms with Gasteiger partial charge in [-0.2, -0.15) is 5.10 Å². The maximum atomic E-state index is 14.2. The van der Waals surface area contributed by atoms with Crippen LogP contribution in [0.4, 0.5) is 16.0 Å². The highest BCUT2D eigenvalue weighted by molar-refractivity contribution is 6.04. The van der Waals surface area contributed by atoms with Crippen LogP contribution in [0.25, 0.3) is 22.3 Å². The number of halogens is 1. The summed E-state index contributed by atoms with van der Waals surface area (Å²) in [6.07, 6.45) is 3.00. The molecule has 0 aliphatic heterocycles. The molecule has 9 heteroatoms. The third kappa shape index (κ3) is 4.06.